The van der Waals surface area contributed by atoms with E-state index in [1.165, 1.54) is 31.7 Å². The lowest BCUT2D eigenvalue weighted by Crippen LogP contribution is -2.58. The zero-order valence-electron chi connectivity index (χ0n) is 71.3. The topological polar surface area (TPSA) is 314 Å². The molecule has 3 aliphatic rings. The number of aliphatic hydroxyl groups excluding tert-OH is 3. The fraction of sp³-hybridized carbons (Fsp3) is 0.404. The quantitative estimate of drug-likeness (QED) is 0.00743. The number of alkyl carbamates (subject to hydrolysis) is 1. The number of fused-ring (bicyclic) bond motifs is 3. The normalized spacial score (nSPS) is 15.6. The third kappa shape index (κ3) is 26.0. The Kier molecular flexibility index (Phi) is 33.4. The third-order valence-corrected chi connectivity index (χ3v) is 25.1. The number of allylic oxidation sites excluding steroid dienone is 1. The Morgan fingerprint density at radius 1 is 0.459 bits per heavy atom. The first kappa shape index (κ1) is 93.7. The zero-order chi connectivity index (χ0) is 87.7. The van der Waals surface area contributed by atoms with Gasteiger partial charge in [-0.1, -0.05) is 256 Å². The van der Waals surface area contributed by atoms with Gasteiger partial charge in [-0.25, -0.2) is 4.79 Å². The summed E-state index contributed by atoms with van der Waals surface area (Å²) < 4.78 is 15.5. The molecular weight excluding hydrogens is 1580 g/mol. The molecule has 3 aliphatic carbocycles. The maximum atomic E-state index is 14.7. The number of esters is 2. The van der Waals surface area contributed by atoms with Gasteiger partial charge in [0.15, 0.2) is 0 Å². The highest BCUT2D eigenvalue weighted by molar-refractivity contribution is 8.01. The van der Waals surface area contributed by atoms with Crippen LogP contribution < -0.4 is 31.9 Å². The van der Waals surface area contributed by atoms with Gasteiger partial charge in [-0.05, 0) is 156 Å². The monoisotopic (exact) mass is 1690 g/mol. The second-order valence-corrected chi connectivity index (χ2v) is 36.3. The second-order valence-electron chi connectivity index (χ2n) is 33.9. The number of Topliss-reactive ketones (excluding diaryl/α,β-unsaturated/α-hetero) is 2. The van der Waals surface area contributed by atoms with Crippen molar-refractivity contribution in [1.29, 1.82) is 0 Å². The van der Waals surface area contributed by atoms with Crippen LogP contribution in [0.4, 0.5) is 4.79 Å². The number of hydrogen-bond donors (Lipinski definition) is 9. The number of benzene rings is 8. The largest absolute Gasteiger partial charge is 0.460 e. The van der Waals surface area contributed by atoms with E-state index >= 15 is 0 Å². The molecule has 122 heavy (non-hydrogen) atoms. The molecular formula is C99H118N6O15S2. The number of ether oxygens (including phenoxy) is 3. The number of rotatable bonds is 42. The van der Waals surface area contributed by atoms with Crippen molar-refractivity contribution >= 4 is 76.8 Å². The molecule has 2 unspecified atom stereocenters. The highest BCUT2D eigenvalue weighted by atomic mass is 32.2. The summed E-state index contributed by atoms with van der Waals surface area (Å²) in [5, 5.41) is 50.8. The maximum absolute atomic E-state index is 14.7. The van der Waals surface area contributed by atoms with Gasteiger partial charge in [-0.15, -0.1) is 23.5 Å². The van der Waals surface area contributed by atoms with Crippen molar-refractivity contribution in [2.24, 2.45) is 0 Å². The molecule has 11 rings (SSSR count). The van der Waals surface area contributed by atoms with Crippen LogP contribution in [-0.2, 0) is 62.1 Å². The molecule has 0 radical (unpaired) electrons. The molecule has 0 heterocycles. The van der Waals surface area contributed by atoms with E-state index in [2.05, 4.69) is 92.6 Å². The summed E-state index contributed by atoms with van der Waals surface area (Å²) in [4.78, 5) is 120. The van der Waals surface area contributed by atoms with E-state index in [0.717, 1.165) is 68.5 Å². The van der Waals surface area contributed by atoms with Crippen LogP contribution in [0.5, 0.6) is 0 Å². The molecule has 0 saturated heterocycles. The highest BCUT2D eigenvalue weighted by Crippen LogP contribution is 2.52. The molecule has 21 nitrogen and oxygen atoms in total. The predicted molar refractivity (Wildman–Crippen MR) is 479 cm³/mol. The summed E-state index contributed by atoms with van der Waals surface area (Å²) in [5.74, 6) is -3.47. The van der Waals surface area contributed by atoms with Gasteiger partial charge < -0.3 is 61.4 Å². The maximum Gasteiger partial charge on any atom is 0.407 e. The Morgan fingerprint density at radius 3 is 1.20 bits per heavy atom. The van der Waals surface area contributed by atoms with Gasteiger partial charge in [-0.2, -0.15) is 0 Å². The SMILES string of the molecule is CC(=O)CC(O)C1(NC(=O)[C@@H](CSC(c2ccccc2)(c2ccccc2)c2ccccc2)NC[C@@H](CCC(=O)OC(C)(C)C)NC(=O)OCC2c3ccccc3-c3ccccc32)CC1.CCC/C=C/[C@@H](O)CC(=O)N[C@H](CCC(=O)OC(C)(C)C)C(=O)N[C@H](CSC(c1ccccc1)(c1ccccc1)c1ccccc1)C(=O)NC1(C(O)CC(C)=O)CC1. The smallest absolute Gasteiger partial charge is 0.407 e. The van der Waals surface area contributed by atoms with Gasteiger partial charge in [0.05, 0.1) is 51.3 Å². The summed E-state index contributed by atoms with van der Waals surface area (Å²) in [5.41, 5.74) is 6.89. The van der Waals surface area contributed by atoms with Crippen molar-refractivity contribution in [2.75, 3.05) is 24.7 Å². The number of nitrogens with one attached hydrogen (secondary N) is 6. The summed E-state index contributed by atoms with van der Waals surface area (Å²) in [6, 6.07) is 72.5. The Bertz CT molecular complexity index is 4590. The van der Waals surface area contributed by atoms with Crippen LogP contribution in [0.15, 0.2) is 243 Å². The lowest BCUT2D eigenvalue weighted by atomic mass is 9.84. The van der Waals surface area contributed by atoms with E-state index in [0.29, 0.717) is 25.7 Å². The van der Waals surface area contributed by atoms with Crippen molar-refractivity contribution in [1.82, 2.24) is 31.9 Å². The molecule has 0 aliphatic heterocycles. The van der Waals surface area contributed by atoms with Crippen molar-refractivity contribution in [3.8, 4) is 11.1 Å². The van der Waals surface area contributed by atoms with Crippen LogP contribution in [0.2, 0.25) is 0 Å². The third-order valence-electron chi connectivity index (χ3n) is 21.8. The van der Waals surface area contributed by atoms with Gasteiger partial charge in [0.2, 0.25) is 23.6 Å². The van der Waals surface area contributed by atoms with Crippen molar-refractivity contribution in [2.45, 2.75) is 226 Å². The second kappa shape index (κ2) is 43.5. The number of ketones is 2. The Labute approximate surface area is 725 Å². The molecule has 7 atom stereocenters. The highest BCUT2D eigenvalue weighted by Gasteiger charge is 2.53. The number of thioether (sulfide) groups is 2. The minimum absolute atomic E-state index is 0.0123. The van der Waals surface area contributed by atoms with Crippen molar-refractivity contribution in [3.05, 3.63) is 287 Å². The van der Waals surface area contributed by atoms with E-state index in [1.807, 2.05) is 177 Å². The molecule has 0 aromatic heterocycles. The van der Waals surface area contributed by atoms with E-state index in [4.69, 9.17) is 14.2 Å². The number of hydrogen-bond acceptors (Lipinski definition) is 18. The first-order valence-electron chi connectivity index (χ1n) is 42.2. The molecule has 2 fully saturated rings. The lowest BCUT2D eigenvalue weighted by Gasteiger charge is -2.37. The van der Waals surface area contributed by atoms with Gasteiger partial charge in [0.25, 0.3) is 0 Å². The minimum atomic E-state index is -1.27. The Balaban J connectivity index is 0.000000257. The van der Waals surface area contributed by atoms with E-state index in [1.54, 1.807) is 59.4 Å². The number of aliphatic hydroxyl groups is 3. The van der Waals surface area contributed by atoms with Gasteiger partial charge in [-0.3, -0.25) is 38.4 Å². The number of carbonyl (C=O) groups is 9. The first-order valence-corrected chi connectivity index (χ1v) is 44.2. The molecule has 646 valence electrons. The molecule has 0 spiro atoms. The number of unbranched alkanes of at least 4 members (excludes halogenated alkanes) is 1. The minimum Gasteiger partial charge on any atom is -0.460 e. The van der Waals surface area contributed by atoms with Crippen LogP contribution >= 0.6 is 23.5 Å². The predicted octanol–water partition coefficient (Wildman–Crippen LogP) is 14.6. The van der Waals surface area contributed by atoms with Crippen LogP contribution in [0.3, 0.4) is 0 Å². The lowest BCUT2D eigenvalue weighted by molar-refractivity contribution is -0.156. The molecule has 2 saturated carbocycles. The average Bonchev–Trinajstić information content (AvgIpc) is 1.78. The van der Waals surface area contributed by atoms with Gasteiger partial charge in [0, 0.05) is 55.7 Å². The number of amides is 5. The molecule has 8 aromatic carbocycles. The van der Waals surface area contributed by atoms with E-state index in [9.17, 15) is 58.5 Å². The summed E-state index contributed by atoms with van der Waals surface area (Å²) in [6.07, 6.45) is 2.36. The number of carbonyl (C=O) groups excluding carboxylic acids is 9. The fourth-order valence-electron chi connectivity index (χ4n) is 15.4. The molecule has 23 heteroatoms. The molecule has 5 amide bonds. The molecule has 8 aromatic rings. The van der Waals surface area contributed by atoms with Crippen LogP contribution in [0.25, 0.3) is 11.1 Å². The van der Waals surface area contributed by atoms with E-state index < -0.39 is 110 Å². The Hall–Kier alpha value is -10.5. The van der Waals surface area contributed by atoms with Crippen molar-refractivity contribution in [3.63, 3.8) is 0 Å². The van der Waals surface area contributed by atoms with Crippen LogP contribution in [0, 0.1) is 0 Å². The summed E-state index contributed by atoms with van der Waals surface area (Å²) in [7, 11) is 0. The van der Waals surface area contributed by atoms with Crippen molar-refractivity contribution < 1.29 is 72.7 Å². The zero-order valence-corrected chi connectivity index (χ0v) is 72.9. The average molecular weight is 1700 g/mol. The Morgan fingerprint density at radius 2 is 0.828 bits per heavy atom. The van der Waals surface area contributed by atoms with Gasteiger partial charge >= 0.3 is 18.0 Å². The molecule has 9 N–H and O–H groups in total. The molecule has 0 bridgehead atoms. The summed E-state index contributed by atoms with van der Waals surface area (Å²) >= 11 is 3.05. The van der Waals surface area contributed by atoms with Crippen LogP contribution in [0.1, 0.15) is 196 Å². The fourth-order valence-corrected chi connectivity index (χ4v) is 18.6. The standard InChI is InChI=1S/C53H59N3O7S.C46H59N3O8S/c1-36(57)32-47(58)52(30-31-52)56-49(60)46(35-64-53(37-18-8-5-9-19-37,38-20-10-6-11-21-38)39-22-12-7-13-23-39)54-33-40(28-29-48(59)63-51(2,3)4)55-50(61)62-34-45-43-26-16-14-24-41(43)42-25-15-17-27-44(42)45;1-6-7-11-24-36(51)30-40(53)47-37(25-26-41(54)57-44(3,4)5)42(55)48-38(43(56)49-45(27-28-45)39(52)29-32(2)50)31-58-46(33-18-12-8-13-19-33,34-20-14-9-15-21-34)35-22-16-10-17-23-35/h5-27,40,45-47,54,58H,28-35H2,1-4H3,(H,55,61)(H,56,60);8-24,36-39,51-52H,6-7,25-31H2,1-5H3,(H,47,53)(H,48,55)(H,49,56)/b;24-11+/t40-,46-,47?;36-,37-,38-,39?/m11/s1. The first-order chi connectivity index (χ1) is 58.4. The van der Waals surface area contributed by atoms with E-state index in [-0.39, 0.29) is 93.0 Å². The van der Waals surface area contributed by atoms with Crippen LogP contribution in [-0.4, -0.2) is 158 Å². The van der Waals surface area contributed by atoms with Gasteiger partial charge in [0.1, 0.15) is 41.5 Å². The summed E-state index contributed by atoms with van der Waals surface area (Å²) in [6.45, 7) is 15.6.